The molecule has 1 heterocycles. The van der Waals surface area contributed by atoms with E-state index in [2.05, 4.69) is 11.1 Å². The van der Waals surface area contributed by atoms with Gasteiger partial charge in [0, 0.05) is 21.8 Å². The molecule has 78 valence electrons. The van der Waals surface area contributed by atoms with Crippen LogP contribution in [0.5, 0.6) is 0 Å². The van der Waals surface area contributed by atoms with E-state index in [0.717, 1.165) is 21.8 Å². The standard InChI is InChI=1S/C14H7N3/c15-7-9-5-12-11-3-1-2-4-13(11)17-14(12)6-10(9)8-16/h1-6,17H. The largest absolute Gasteiger partial charge is 0.354 e. The van der Waals surface area contributed by atoms with Gasteiger partial charge in [-0.25, -0.2) is 0 Å². The van der Waals surface area contributed by atoms with E-state index >= 15 is 0 Å². The molecule has 3 rings (SSSR count). The first kappa shape index (κ1) is 9.45. The maximum atomic E-state index is 9.01. The highest BCUT2D eigenvalue weighted by Crippen LogP contribution is 2.27. The van der Waals surface area contributed by atoms with Gasteiger partial charge in [0.15, 0.2) is 0 Å². The molecule has 0 saturated heterocycles. The Morgan fingerprint density at radius 3 is 2.29 bits per heavy atom. The van der Waals surface area contributed by atoms with E-state index < -0.39 is 0 Å². The minimum Gasteiger partial charge on any atom is -0.354 e. The van der Waals surface area contributed by atoms with Gasteiger partial charge < -0.3 is 4.98 Å². The van der Waals surface area contributed by atoms with Gasteiger partial charge in [-0.1, -0.05) is 18.2 Å². The third-order valence-electron chi connectivity index (χ3n) is 2.89. The Morgan fingerprint density at radius 1 is 0.824 bits per heavy atom. The van der Waals surface area contributed by atoms with Crippen molar-refractivity contribution >= 4 is 21.8 Å². The molecule has 0 aliphatic heterocycles. The molecule has 17 heavy (non-hydrogen) atoms. The fourth-order valence-corrected chi connectivity index (χ4v) is 2.08. The van der Waals surface area contributed by atoms with Crippen molar-refractivity contribution in [2.24, 2.45) is 0 Å². The summed E-state index contributed by atoms with van der Waals surface area (Å²) < 4.78 is 0. The second-order valence-electron chi connectivity index (χ2n) is 3.84. The van der Waals surface area contributed by atoms with Gasteiger partial charge >= 0.3 is 0 Å². The smallest absolute Gasteiger partial charge is 0.101 e. The zero-order chi connectivity index (χ0) is 11.8. The Bertz CT molecular complexity index is 813. The third kappa shape index (κ3) is 1.27. The number of aromatic nitrogens is 1. The van der Waals surface area contributed by atoms with Crippen LogP contribution in [0.4, 0.5) is 0 Å². The lowest BCUT2D eigenvalue weighted by Gasteiger charge is -1.95. The first-order valence-electron chi connectivity index (χ1n) is 5.18. The highest BCUT2D eigenvalue weighted by Gasteiger charge is 2.08. The normalized spacial score (nSPS) is 10.2. The number of hydrogen-bond acceptors (Lipinski definition) is 2. The molecule has 2 aromatic carbocycles. The predicted molar refractivity (Wildman–Crippen MR) is 65.2 cm³/mol. The molecule has 3 nitrogen and oxygen atoms in total. The van der Waals surface area contributed by atoms with Crippen LogP contribution in [0.25, 0.3) is 21.8 Å². The van der Waals surface area contributed by atoms with E-state index in [4.69, 9.17) is 10.5 Å². The van der Waals surface area contributed by atoms with E-state index in [1.165, 1.54) is 0 Å². The van der Waals surface area contributed by atoms with Crippen LogP contribution in [-0.2, 0) is 0 Å². The minimum atomic E-state index is 0.409. The summed E-state index contributed by atoms with van der Waals surface area (Å²) in [6, 6.07) is 15.5. The van der Waals surface area contributed by atoms with E-state index in [0.29, 0.717) is 11.1 Å². The number of rotatable bonds is 0. The second-order valence-corrected chi connectivity index (χ2v) is 3.84. The molecule has 1 N–H and O–H groups in total. The van der Waals surface area contributed by atoms with Crippen LogP contribution in [0.15, 0.2) is 36.4 Å². The Labute approximate surface area is 97.5 Å². The summed E-state index contributed by atoms with van der Waals surface area (Å²) in [5.74, 6) is 0. The minimum absolute atomic E-state index is 0.409. The number of para-hydroxylation sites is 1. The van der Waals surface area contributed by atoms with Crippen molar-refractivity contribution in [3.05, 3.63) is 47.5 Å². The molecule has 3 aromatic rings. The third-order valence-corrected chi connectivity index (χ3v) is 2.89. The van der Waals surface area contributed by atoms with Crippen LogP contribution in [-0.4, -0.2) is 4.98 Å². The van der Waals surface area contributed by atoms with Crippen molar-refractivity contribution in [3.63, 3.8) is 0 Å². The number of nitriles is 2. The van der Waals surface area contributed by atoms with Crippen molar-refractivity contribution in [2.75, 3.05) is 0 Å². The van der Waals surface area contributed by atoms with Gasteiger partial charge in [-0.3, -0.25) is 0 Å². The van der Waals surface area contributed by atoms with Gasteiger partial charge in [0.25, 0.3) is 0 Å². The van der Waals surface area contributed by atoms with Crippen molar-refractivity contribution in [3.8, 4) is 12.1 Å². The predicted octanol–water partition coefficient (Wildman–Crippen LogP) is 3.06. The van der Waals surface area contributed by atoms with E-state index in [1.54, 1.807) is 12.1 Å². The molecule has 0 unspecified atom stereocenters. The second kappa shape index (κ2) is 3.37. The van der Waals surface area contributed by atoms with E-state index in [9.17, 15) is 0 Å². The van der Waals surface area contributed by atoms with Gasteiger partial charge in [-0.2, -0.15) is 10.5 Å². The summed E-state index contributed by atoms with van der Waals surface area (Å²) in [4.78, 5) is 3.24. The van der Waals surface area contributed by atoms with Gasteiger partial charge in [0.2, 0.25) is 0 Å². The molecule has 0 bridgehead atoms. The van der Waals surface area contributed by atoms with Crippen LogP contribution in [0.2, 0.25) is 0 Å². The summed E-state index contributed by atoms with van der Waals surface area (Å²) in [5.41, 5.74) is 2.74. The number of aromatic amines is 1. The van der Waals surface area contributed by atoms with Crippen molar-refractivity contribution in [2.45, 2.75) is 0 Å². The quantitative estimate of drug-likeness (QED) is 0.629. The summed E-state index contributed by atoms with van der Waals surface area (Å²) in [6.45, 7) is 0. The Kier molecular flexibility index (Phi) is 1.87. The number of nitrogens with one attached hydrogen (secondary N) is 1. The molecule has 0 radical (unpaired) electrons. The van der Waals surface area contributed by atoms with Crippen LogP contribution < -0.4 is 0 Å². The lowest BCUT2D eigenvalue weighted by Crippen LogP contribution is -1.83. The van der Waals surface area contributed by atoms with Crippen molar-refractivity contribution < 1.29 is 0 Å². The number of benzene rings is 2. The molecular weight excluding hydrogens is 210 g/mol. The highest BCUT2D eigenvalue weighted by molar-refractivity contribution is 6.08. The summed E-state index contributed by atoms with van der Waals surface area (Å²) in [6.07, 6.45) is 0. The van der Waals surface area contributed by atoms with Gasteiger partial charge in [0.05, 0.1) is 11.1 Å². The van der Waals surface area contributed by atoms with Crippen LogP contribution in [0, 0.1) is 22.7 Å². The van der Waals surface area contributed by atoms with Gasteiger partial charge in [-0.15, -0.1) is 0 Å². The molecule has 0 saturated carbocycles. The highest BCUT2D eigenvalue weighted by atomic mass is 14.7. The van der Waals surface area contributed by atoms with Crippen LogP contribution in [0.3, 0.4) is 0 Å². The fraction of sp³-hybridized carbons (Fsp3) is 0. The van der Waals surface area contributed by atoms with Crippen LogP contribution >= 0.6 is 0 Å². The maximum absolute atomic E-state index is 9.01. The molecule has 0 fully saturated rings. The molecule has 0 amide bonds. The Hall–Kier alpha value is -2.78. The van der Waals surface area contributed by atoms with Crippen molar-refractivity contribution in [1.29, 1.82) is 10.5 Å². The van der Waals surface area contributed by atoms with Gasteiger partial charge in [-0.05, 0) is 18.2 Å². The average Bonchev–Trinajstić information content (AvgIpc) is 2.74. The number of hydrogen-bond donors (Lipinski definition) is 1. The lowest BCUT2D eigenvalue weighted by molar-refractivity contribution is 1.44. The molecule has 0 atom stereocenters. The number of fused-ring (bicyclic) bond motifs is 3. The number of H-pyrrole nitrogens is 1. The number of nitrogens with zero attached hydrogens (tertiary/aromatic N) is 2. The SMILES string of the molecule is N#Cc1cc2[nH]c3ccccc3c2cc1C#N. The lowest BCUT2D eigenvalue weighted by atomic mass is 10.1. The maximum Gasteiger partial charge on any atom is 0.101 e. The van der Waals surface area contributed by atoms with Crippen LogP contribution in [0.1, 0.15) is 11.1 Å². The molecule has 3 heteroatoms. The summed E-state index contributed by atoms with van der Waals surface area (Å²) in [7, 11) is 0. The fourth-order valence-electron chi connectivity index (χ4n) is 2.08. The Balaban J connectivity index is 2.52. The molecule has 1 aromatic heterocycles. The first-order chi connectivity index (χ1) is 8.33. The van der Waals surface area contributed by atoms with E-state index in [1.807, 2.05) is 30.3 Å². The van der Waals surface area contributed by atoms with Crippen molar-refractivity contribution in [1.82, 2.24) is 4.98 Å². The topological polar surface area (TPSA) is 63.4 Å². The van der Waals surface area contributed by atoms with Gasteiger partial charge in [0.1, 0.15) is 12.1 Å². The average molecular weight is 217 g/mol. The molecule has 0 aliphatic carbocycles. The zero-order valence-electron chi connectivity index (χ0n) is 8.86. The zero-order valence-corrected chi connectivity index (χ0v) is 8.86. The van der Waals surface area contributed by atoms with E-state index in [-0.39, 0.29) is 0 Å². The molecular formula is C14H7N3. The molecule has 0 spiro atoms. The monoisotopic (exact) mass is 217 g/mol. The summed E-state index contributed by atoms with van der Waals surface area (Å²) >= 11 is 0. The molecule has 0 aliphatic rings. The Morgan fingerprint density at radius 2 is 1.53 bits per heavy atom. The summed E-state index contributed by atoms with van der Waals surface area (Å²) in [5, 5.41) is 20.0. The first-order valence-corrected chi connectivity index (χ1v) is 5.18.